The smallest absolute Gasteiger partial charge is 0.258 e. The van der Waals surface area contributed by atoms with E-state index in [9.17, 15) is 4.79 Å². The molecule has 1 N–H and O–H groups in total. The molecular formula is C24H29NO3. The van der Waals surface area contributed by atoms with Gasteiger partial charge in [0.1, 0.15) is 17.1 Å². The molecule has 28 heavy (non-hydrogen) atoms. The lowest BCUT2D eigenvalue weighted by atomic mass is 9.89. The number of benzene rings is 2. The Morgan fingerprint density at radius 1 is 1.14 bits per heavy atom. The van der Waals surface area contributed by atoms with Gasteiger partial charge in [0.15, 0.2) is 6.61 Å². The number of hydrogen-bond donors (Lipinski definition) is 1. The van der Waals surface area contributed by atoms with Gasteiger partial charge in [-0.05, 0) is 81.3 Å². The summed E-state index contributed by atoms with van der Waals surface area (Å²) in [6.07, 6.45) is 5.47. The molecule has 1 amide bonds. The highest BCUT2D eigenvalue weighted by Crippen LogP contribution is 2.39. The van der Waals surface area contributed by atoms with Crippen LogP contribution in [0, 0.1) is 6.92 Å². The van der Waals surface area contributed by atoms with E-state index < -0.39 is 0 Å². The Morgan fingerprint density at radius 3 is 2.75 bits per heavy atom. The van der Waals surface area contributed by atoms with Crippen molar-refractivity contribution >= 4 is 5.91 Å². The molecule has 1 heterocycles. The van der Waals surface area contributed by atoms with Gasteiger partial charge in [-0.1, -0.05) is 18.2 Å². The van der Waals surface area contributed by atoms with Gasteiger partial charge < -0.3 is 14.8 Å². The predicted molar refractivity (Wildman–Crippen MR) is 110 cm³/mol. The molecule has 2 aliphatic rings. The molecule has 1 atom stereocenters. The summed E-state index contributed by atoms with van der Waals surface area (Å²) in [5.41, 5.74) is 4.64. The van der Waals surface area contributed by atoms with Crippen LogP contribution in [0.15, 0.2) is 36.4 Å². The number of ether oxygens (including phenoxy) is 2. The third-order valence-corrected chi connectivity index (χ3v) is 5.65. The third-order valence-electron chi connectivity index (χ3n) is 5.65. The molecule has 0 bridgehead atoms. The zero-order valence-electron chi connectivity index (χ0n) is 17.0. The molecule has 0 fully saturated rings. The van der Waals surface area contributed by atoms with Crippen molar-refractivity contribution in [3.05, 3.63) is 58.7 Å². The molecule has 148 valence electrons. The zero-order chi connectivity index (χ0) is 19.7. The Morgan fingerprint density at radius 2 is 1.93 bits per heavy atom. The molecule has 2 aromatic carbocycles. The number of hydrogen-bond acceptors (Lipinski definition) is 3. The van der Waals surface area contributed by atoms with E-state index in [0.717, 1.165) is 41.9 Å². The molecule has 0 aromatic heterocycles. The van der Waals surface area contributed by atoms with E-state index in [1.54, 1.807) is 0 Å². The zero-order valence-corrected chi connectivity index (χ0v) is 17.0. The van der Waals surface area contributed by atoms with Gasteiger partial charge in [-0.3, -0.25) is 4.79 Å². The van der Waals surface area contributed by atoms with E-state index in [1.165, 1.54) is 24.0 Å². The normalized spacial score (nSPS) is 19.8. The lowest BCUT2D eigenvalue weighted by Crippen LogP contribution is -2.42. The number of aryl methyl sites for hydroxylation is 3. The van der Waals surface area contributed by atoms with Crippen LogP contribution in [-0.2, 0) is 17.6 Å². The van der Waals surface area contributed by atoms with Crippen molar-refractivity contribution in [2.45, 2.75) is 64.5 Å². The molecule has 4 heteroatoms. The summed E-state index contributed by atoms with van der Waals surface area (Å²) >= 11 is 0. The summed E-state index contributed by atoms with van der Waals surface area (Å²) in [7, 11) is 0. The maximum atomic E-state index is 12.6. The fourth-order valence-corrected chi connectivity index (χ4v) is 4.27. The molecule has 2 aromatic rings. The molecule has 1 aliphatic carbocycles. The largest absolute Gasteiger partial charge is 0.487 e. The van der Waals surface area contributed by atoms with Crippen molar-refractivity contribution in [1.29, 1.82) is 0 Å². The maximum Gasteiger partial charge on any atom is 0.258 e. The third kappa shape index (κ3) is 4.16. The number of fused-ring (bicyclic) bond motifs is 2. The summed E-state index contributed by atoms with van der Waals surface area (Å²) < 4.78 is 11.9. The highest BCUT2D eigenvalue weighted by molar-refractivity contribution is 5.78. The van der Waals surface area contributed by atoms with Crippen LogP contribution in [0.3, 0.4) is 0 Å². The number of nitrogens with one attached hydrogen (secondary N) is 1. The minimum Gasteiger partial charge on any atom is -0.487 e. The molecule has 4 rings (SSSR count). The Kier molecular flexibility index (Phi) is 5.05. The van der Waals surface area contributed by atoms with E-state index in [1.807, 2.05) is 19.1 Å². The van der Waals surface area contributed by atoms with Gasteiger partial charge in [0.05, 0.1) is 6.04 Å². The molecule has 0 saturated carbocycles. The number of amides is 1. The van der Waals surface area contributed by atoms with Gasteiger partial charge >= 0.3 is 0 Å². The number of rotatable bonds is 4. The second-order valence-electron chi connectivity index (χ2n) is 8.65. The topological polar surface area (TPSA) is 47.6 Å². The van der Waals surface area contributed by atoms with Crippen LogP contribution in [0.4, 0.5) is 0 Å². The van der Waals surface area contributed by atoms with Gasteiger partial charge in [-0.2, -0.15) is 0 Å². The monoisotopic (exact) mass is 379 g/mol. The van der Waals surface area contributed by atoms with Crippen LogP contribution in [-0.4, -0.2) is 18.1 Å². The van der Waals surface area contributed by atoms with Crippen LogP contribution in [0.25, 0.3) is 0 Å². The molecule has 1 aliphatic heterocycles. The second-order valence-corrected chi connectivity index (χ2v) is 8.65. The van der Waals surface area contributed by atoms with Crippen molar-refractivity contribution in [2.75, 3.05) is 6.61 Å². The fraction of sp³-hybridized carbons (Fsp3) is 0.458. The van der Waals surface area contributed by atoms with Crippen LogP contribution in [0.5, 0.6) is 11.5 Å². The first-order valence-electron chi connectivity index (χ1n) is 10.2. The summed E-state index contributed by atoms with van der Waals surface area (Å²) in [4.78, 5) is 12.6. The summed E-state index contributed by atoms with van der Waals surface area (Å²) in [5.74, 6) is 1.53. The molecular weight excluding hydrogens is 350 g/mol. The Balaban J connectivity index is 1.41. The van der Waals surface area contributed by atoms with Crippen LogP contribution >= 0.6 is 0 Å². The average Bonchev–Trinajstić information content (AvgIpc) is 2.65. The Labute approximate surface area is 167 Å². The summed E-state index contributed by atoms with van der Waals surface area (Å²) in [6.45, 7) is 6.19. The molecule has 0 saturated heterocycles. The van der Waals surface area contributed by atoms with Crippen molar-refractivity contribution < 1.29 is 14.3 Å². The lowest BCUT2D eigenvalue weighted by Gasteiger charge is -2.38. The first-order chi connectivity index (χ1) is 13.4. The van der Waals surface area contributed by atoms with Crippen LogP contribution < -0.4 is 14.8 Å². The summed E-state index contributed by atoms with van der Waals surface area (Å²) in [5, 5.41) is 3.14. The van der Waals surface area contributed by atoms with E-state index in [4.69, 9.17) is 9.47 Å². The second kappa shape index (κ2) is 7.50. The van der Waals surface area contributed by atoms with Crippen molar-refractivity contribution in [2.24, 2.45) is 0 Å². The van der Waals surface area contributed by atoms with Gasteiger partial charge in [0.25, 0.3) is 5.91 Å². The SMILES string of the molecule is Cc1ccc2c(c1)OC(C)(C)C[C@@H]2NC(=O)COc1ccc2c(c1)CCCC2. The first kappa shape index (κ1) is 18.9. The number of carbonyl (C=O) groups excluding carboxylic acids is 1. The summed E-state index contributed by atoms with van der Waals surface area (Å²) in [6, 6.07) is 12.3. The van der Waals surface area contributed by atoms with Crippen LogP contribution in [0.2, 0.25) is 0 Å². The minimum absolute atomic E-state index is 0.0256. The molecule has 0 spiro atoms. The standard InChI is InChI=1S/C24H29NO3/c1-16-8-11-20-21(14-24(2,3)28-22(20)12-16)25-23(26)15-27-19-10-9-17-6-4-5-7-18(17)13-19/h8-13,21H,4-7,14-15H2,1-3H3,(H,25,26)/t21-/m0/s1. The lowest BCUT2D eigenvalue weighted by molar-refractivity contribution is -0.124. The predicted octanol–water partition coefficient (Wildman–Crippen LogP) is 4.67. The Hall–Kier alpha value is -2.49. The van der Waals surface area contributed by atoms with Crippen LogP contribution in [0.1, 0.15) is 61.4 Å². The first-order valence-corrected chi connectivity index (χ1v) is 10.2. The van der Waals surface area contributed by atoms with E-state index in [2.05, 4.69) is 43.4 Å². The minimum atomic E-state index is -0.321. The van der Waals surface area contributed by atoms with E-state index in [0.29, 0.717) is 0 Å². The van der Waals surface area contributed by atoms with Crippen molar-refractivity contribution in [3.8, 4) is 11.5 Å². The van der Waals surface area contributed by atoms with Gasteiger partial charge in [0, 0.05) is 12.0 Å². The fourth-order valence-electron chi connectivity index (χ4n) is 4.27. The molecule has 0 radical (unpaired) electrons. The van der Waals surface area contributed by atoms with Gasteiger partial charge in [-0.25, -0.2) is 0 Å². The number of carbonyl (C=O) groups is 1. The van der Waals surface area contributed by atoms with E-state index in [-0.39, 0.29) is 24.2 Å². The molecule has 4 nitrogen and oxygen atoms in total. The Bertz CT molecular complexity index is 887. The van der Waals surface area contributed by atoms with Gasteiger partial charge in [0.2, 0.25) is 0 Å². The average molecular weight is 380 g/mol. The van der Waals surface area contributed by atoms with Crippen molar-refractivity contribution in [3.63, 3.8) is 0 Å². The quantitative estimate of drug-likeness (QED) is 0.840. The van der Waals surface area contributed by atoms with Gasteiger partial charge in [-0.15, -0.1) is 0 Å². The molecule has 0 unspecified atom stereocenters. The highest BCUT2D eigenvalue weighted by Gasteiger charge is 2.34. The highest BCUT2D eigenvalue weighted by atomic mass is 16.5. The maximum absolute atomic E-state index is 12.6. The van der Waals surface area contributed by atoms with Crippen molar-refractivity contribution in [1.82, 2.24) is 5.32 Å². The van der Waals surface area contributed by atoms with E-state index >= 15 is 0 Å².